The molecular formula is C16H18N4O4. The number of piperidine rings is 1. The highest BCUT2D eigenvalue weighted by molar-refractivity contribution is 5.83. The number of carbonyl (C=O) groups excluding carboxylic acids is 2. The zero-order chi connectivity index (χ0) is 16.8. The lowest BCUT2D eigenvalue weighted by molar-refractivity contribution is -0.124. The van der Waals surface area contributed by atoms with E-state index in [4.69, 9.17) is 9.26 Å². The number of ether oxygens (including phenoxy) is 1. The lowest BCUT2D eigenvalue weighted by atomic mass is 9.98. The van der Waals surface area contributed by atoms with Crippen molar-refractivity contribution in [2.45, 2.75) is 31.9 Å². The minimum atomic E-state index is -0.575. The molecule has 1 saturated heterocycles. The molecule has 2 aromatic rings. The summed E-state index contributed by atoms with van der Waals surface area (Å²) in [5.41, 5.74) is 0.899. The van der Waals surface area contributed by atoms with Gasteiger partial charge in [-0.25, -0.2) is 4.79 Å². The van der Waals surface area contributed by atoms with Crippen molar-refractivity contribution in [3.8, 4) is 0 Å². The quantitative estimate of drug-likeness (QED) is 0.860. The highest BCUT2D eigenvalue weighted by Crippen LogP contribution is 2.21. The molecule has 8 nitrogen and oxygen atoms in total. The summed E-state index contributed by atoms with van der Waals surface area (Å²) in [6, 6.07) is 9.37. The molecule has 8 heteroatoms. The highest BCUT2D eigenvalue weighted by atomic mass is 16.5. The van der Waals surface area contributed by atoms with Crippen LogP contribution < -0.4 is 10.6 Å². The van der Waals surface area contributed by atoms with E-state index < -0.39 is 6.09 Å². The van der Waals surface area contributed by atoms with Gasteiger partial charge in [0.05, 0.1) is 0 Å². The van der Waals surface area contributed by atoms with Crippen LogP contribution in [0.2, 0.25) is 0 Å². The Bertz CT molecular complexity index is 701. The molecule has 0 bridgehead atoms. The first-order valence-electron chi connectivity index (χ1n) is 7.77. The van der Waals surface area contributed by atoms with Gasteiger partial charge in [0.15, 0.2) is 5.82 Å². The molecule has 1 atom stereocenters. The molecule has 0 saturated carbocycles. The van der Waals surface area contributed by atoms with Gasteiger partial charge >= 0.3 is 6.09 Å². The van der Waals surface area contributed by atoms with E-state index in [1.165, 1.54) is 0 Å². The molecule has 0 radical (unpaired) electrons. The predicted octanol–water partition coefficient (Wildman–Crippen LogP) is 1.49. The smallest absolute Gasteiger partial charge is 0.407 e. The van der Waals surface area contributed by atoms with Crippen LogP contribution >= 0.6 is 0 Å². The Hall–Kier alpha value is -2.90. The zero-order valence-corrected chi connectivity index (χ0v) is 13.0. The Morgan fingerprint density at radius 1 is 1.38 bits per heavy atom. The van der Waals surface area contributed by atoms with Gasteiger partial charge in [-0.1, -0.05) is 35.5 Å². The van der Waals surface area contributed by atoms with Crippen molar-refractivity contribution in [2.75, 3.05) is 6.54 Å². The van der Waals surface area contributed by atoms with Gasteiger partial charge in [-0.3, -0.25) is 4.79 Å². The normalized spacial score (nSPS) is 17.2. The number of amides is 2. The Labute approximate surface area is 138 Å². The van der Waals surface area contributed by atoms with Crippen LogP contribution in [0.25, 0.3) is 0 Å². The maximum atomic E-state index is 11.8. The Balaban J connectivity index is 1.46. The first kappa shape index (κ1) is 16.0. The molecule has 24 heavy (non-hydrogen) atoms. The molecule has 1 aromatic carbocycles. The van der Waals surface area contributed by atoms with Crippen molar-refractivity contribution in [3.63, 3.8) is 0 Å². The summed E-state index contributed by atoms with van der Waals surface area (Å²) >= 11 is 0. The number of nitrogens with zero attached hydrogens (tertiary/aromatic N) is 2. The average molecular weight is 330 g/mol. The number of aromatic nitrogens is 2. The van der Waals surface area contributed by atoms with Gasteiger partial charge in [0.25, 0.3) is 0 Å². The highest BCUT2D eigenvalue weighted by Gasteiger charge is 2.28. The predicted molar refractivity (Wildman–Crippen MR) is 82.7 cm³/mol. The van der Waals surface area contributed by atoms with Gasteiger partial charge in [-0.2, -0.15) is 4.98 Å². The molecule has 0 aliphatic carbocycles. The van der Waals surface area contributed by atoms with Crippen LogP contribution in [0.3, 0.4) is 0 Å². The van der Waals surface area contributed by atoms with Gasteiger partial charge in [0, 0.05) is 6.54 Å². The fraction of sp³-hybridized carbons (Fsp3) is 0.375. The Kier molecular flexibility index (Phi) is 5.05. The minimum absolute atomic E-state index is 0.0506. The van der Waals surface area contributed by atoms with E-state index in [2.05, 4.69) is 20.8 Å². The fourth-order valence-corrected chi connectivity index (χ4v) is 2.42. The lowest BCUT2D eigenvalue weighted by Gasteiger charge is -2.18. The van der Waals surface area contributed by atoms with Crippen molar-refractivity contribution in [1.29, 1.82) is 0 Å². The van der Waals surface area contributed by atoms with Gasteiger partial charge in [0.1, 0.15) is 19.1 Å². The minimum Gasteiger partial charge on any atom is -0.445 e. The monoisotopic (exact) mass is 330 g/mol. The summed E-state index contributed by atoms with van der Waals surface area (Å²) < 4.78 is 10.2. The Morgan fingerprint density at radius 3 is 3.00 bits per heavy atom. The second-order valence-corrected chi connectivity index (χ2v) is 5.45. The fourth-order valence-electron chi connectivity index (χ4n) is 2.42. The first-order valence-corrected chi connectivity index (χ1v) is 7.77. The number of carbonyl (C=O) groups is 2. The van der Waals surface area contributed by atoms with E-state index in [1.807, 2.05) is 30.3 Å². The van der Waals surface area contributed by atoms with E-state index >= 15 is 0 Å². The van der Waals surface area contributed by atoms with Gasteiger partial charge in [-0.05, 0) is 18.4 Å². The zero-order valence-electron chi connectivity index (χ0n) is 13.0. The summed E-state index contributed by atoms with van der Waals surface area (Å²) in [7, 11) is 0. The number of rotatable bonds is 5. The largest absolute Gasteiger partial charge is 0.445 e. The topological polar surface area (TPSA) is 106 Å². The first-order chi connectivity index (χ1) is 11.7. The van der Waals surface area contributed by atoms with Crippen LogP contribution in [-0.2, 0) is 22.7 Å². The second-order valence-electron chi connectivity index (χ2n) is 5.45. The van der Waals surface area contributed by atoms with E-state index in [-0.39, 0.29) is 30.9 Å². The van der Waals surface area contributed by atoms with Gasteiger partial charge in [-0.15, -0.1) is 0 Å². The number of hydrogen-bond donors (Lipinski definition) is 2. The third-order valence-electron chi connectivity index (χ3n) is 3.68. The molecule has 1 unspecified atom stereocenters. The maximum Gasteiger partial charge on any atom is 0.407 e. The molecule has 1 fully saturated rings. The second kappa shape index (κ2) is 7.58. The van der Waals surface area contributed by atoms with Crippen LogP contribution in [0.5, 0.6) is 0 Å². The Morgan fingerprint density at radius 2 is 2.21 bits per heavy atom. The number of hydrogen-bond acceptors (Lipinski definition) is 6. The summed E-state index contributed by atoms with van der Waals surface area (Å²) in [5.74, 6) is 0.104. The molecule has 1 aromatic heterocycles. The lowest BCUT2D eigenvalue weighted by Crippen LogP contribution is -2.35. The summed E-state index contributed by atoms with van der Waals surface area (Å²) in [6.45, 7) is 0.911. The molecule has 1 aliphatic rings. The van der Waals surface area contributed by atoms with Crippen molar-refractivity contribution >= 4 is 12.0 Å². The van der Waals surface area contributed by atoms with Crippen LogP contribution in [0.4, 0.5) is 4.79 Å². The van der Waals surface area contributed by atoms with Gasteiger partial charge in [0.2, 0.25) is 11.8 Å². The number of benzene rings is 1. The molecule has 1 aliphatic heterocycles. The number of alkyl carbamates (subject to hydrolysis) is 1. The van der Waals surface area contributed by atoms with E-state index in [1.54, 1.807) is 0 Å². The molecule has 2 amide bonds. The standard InChI is InChI=1S/C16H18N4O4/c21-15-12(7-4-8-17-15)14-19-13(24-20-14)9-18-16(22)23-10-11-5-2-1-3-6-11/h1-3,5-6,12H,4,7-10H2,(H,17,21)(H,18,22). The van der Waals surface area contributed by atoms with Crippen molar-refractivity contribution in [2.24, 2.45) is 0 Å². The van der Waals surface area contributed by atoms with E-state index in [9.17, 15) is 9.59 Å². The molecular weight excluding hydrogens is 312 g/mol. The molecule has 3 rings (SSSR count). The number of nitrogens with one attached hydrogen (secondary N) is 2. The maximum absolute atomic E-state index is 11.8. The van der Waals surface area contributed by atoms with Crippen LogP contribution in [-0.4, -0.2) is 28.7 Å². The van der Waals surface area contributed by atoms with Crippen molar-refractivity contribution < 1.29 is 18.8 Å². The van der Waals surface area contributed by atoms with Crippen LogP contribution in [0.15, 0.2) is 34.9 Å². The van der Waals surface area contributed by atoms with E-state index in [0.29, 0.717) is 18.8 Å². The molecule has 126 valence electrons. The molecule has 2 heterocycles. The third-order valence-corrected chi connectivity index (χ3v) is 3.68. The van der Waals surface area contributed by atoms with Crippen molar-refractivity contribution in [3.05, 3.63) is 47.6 Å². The molecule has 2 N–H and O–H groups in total. The summed E-state index contributed by atoms with van der Waals surface area (Å²) in [6.07, 6.45) is 0.996. The van der Waals surface area contributed by atoms with Crippen LogP contribution in [0, 0.1) is 0 Å². The SMILES string of the molecule is O=C(NCc1nc(C2CCCNC2=O)no1)OCc1ccccc1. The third kappa shape index (κ3) is 4.09. The summed E-state index contributed by atoms with van der Waals surface area (Å²) in [5, 5.41) is 9.13. The van der Waals surface area contributed by atoms with Gasteiger partial charge < -0.3 is 19.9 Å². The average Bonchev–Trinajstić information content (AvgIpc) is 3.08. The van der Waals surface area contributed by atoms with E-state index in [0.717, 1.165) is 12.0 Å². The summed E-state index contributed by atoms with van der Waals surface area (Å²) in [4.78, 5) is 27.6. The molecule has 0 spiro atoms. The van der Waals surface area contributed by atoms with Crippen molar-refractivity contribution in [1.82, 2.24) is 20.8 Å². The van der Waals surface area contributed by atoms with Crippen LogP contribution in [0.1, 0.15) is 36.0 Å².